The number of aliphatic hydroxyl groups is 1. The number of benzene rings is 2. The van der Waals surface area contributed by atoms with Crippen LogP contribution in [0.25, 0.3) is 22.2 Å². The first-order valence-corrected chi connectivity index (χ1v) is 12.0. The summed E-state index contributed by atoms with van der Waals surface area (Å²) < 4.78 is 5.88. The van der Waals surface area contributed by atoms with Crippen LogP contribution < -0.4 is 10.2 Å². The summed E-state index contributed by atoms with van der Waals surface area (Å²) in [6.07, 6.45) is 2.38. The van der Waals surface area contributed by atoms with Crippen molar-refractivity contribution >= 4 is 28.1 Å². The summed E-state index contributed by atoms with van der Waals surface area (Å²) in [7, 11) is 0. The van der Waals surface area contributed by atoms with Gasteiger partial charge in [0.05, 0.1) is 23.2 Å². The van der Waals surface area contributed by atoms with Gasteiger partial charge in [-0.25, -0.2) is 0 Å². The van der Waals surface area contributed by atoms with E-state index in [1.807, 2.05) is 24.3 Å². The summed E-state index contributed by atoms with van der Waals surface area (Å²) in [6, 6.07) is 9.71. The summed E-state index contributed by atoms with van der Waals surface area (Å²) in [5, 5.41) is 18.1. The molecule has 5 rings (SSSR count). The fourth-order valence-electron chi connectivity index (χ4n) is 5.25. The average Bonchev–Trinajstić information content (AvgIpc) is 3.27. The molecule has 33 heavy (non-hydrogen) atoms. The molecule has 3 aromatic rings. The molecule has 7 heteroatoms. The quantitative estimate of drug-likeness (QED) is 0.422. The van der Waals surface area contributed by atoms with Crippen molar-refractivity contribution in [2.75, 3.05) is 56.1 Å². The van der Waals surface area contributed by atoms with E-state index in [9.17, 15) is 9.90 Å². The third-order valence-electron chi connectivity index (χ3n) is 6.98. The van der Waals surface area contributed by atoms with Gasteiger partial charge in [-0.3, -0.25) is 9.69 Å². The Balaban J connectivity index is 1.60. The molecular formula is C26H32N4O3. The third-order valence-corrected chi connectivity index (χ3v) is 6.98. The molecule has 0 spiro atoms. The molecule has 2 heterocycles. The van der Waals surface area contributed by atoms with Crippen molar-refractivity contribution in [2.45, 2.75) is 26.7 Å². The number of carbonyl (C=O) groups excluding carboxylic acids is 1. The first kappa shape index (κ1) is 21.9. The molecule has 1 fully saturated rings. The van der Waals surface area contributed by atoms with E-state index in [1.54, 1.807) is 0 Å². The molecular weight excluding hydrogens is 416 g/mol. The number of aliphatic hydroxyl groups excluding tert-OH is 1. The highest BCUT2D eigenvalue weighted by Crippen LogP contribution is 2.46. The van der Waals surface area contributed by atoms with Crippen molar-refractivity contribution < 1.29 is 14.4 Å². The number of aromatic nitrogens is 1. The van der Waals surface area contributed by atoms with Gasteiger partial charge >= 0.3 is 0 Å². The van der Waals surface area contributed by atoms with Gasteiger partial charge in [-0.2, -0.15) is 0 Å². The van der Waals surface area contributed by atoms with Crippen molar-refractivity contribution in [3.63, 3.8) is 0 Å². The number of hydrogen-bond donors (Lipinski definition) is 2. The highest BCUT2D eigenvalue weighted by atomic mass is 16.5. The fraction of sp³-hybridized carbons (Fsp3) is 0.462. The maximum absolute atomic E-state index is 13.6. The first-order chi connectivity index (χ1) is 16.1. The Labute approximate surface area is 194 Å². The Bertz CT molecular complexity index is 1170. The molecule has 0 amide bonds. The molecule has 1 unspecified atom stereocenters. The molecule has 7 nitrogen and oxygen atoms in total. The van der Waals surface area contributed by atoms with Gasteiger partial charge in [-0.1, -0.05) is 43.3 Å². The van der Waals surface area contributed by atoms with Crippen LogP contribution in [0.15, 0.2) is 34.9 Å². The zero-order valence-electron chi connectivity index (χ0n) is 19.4. The Kier molecular flexibility index (Phi) is 6.08. The van der Waals surface area contributed by atoms with Gasteiger partial charge in [0.2, 0.25) is 0 Å². The van der Waals surface area contributed by atoms with Gasteiger partial charge in [0, 0.05) is 49.5 Å². The number of ketones is 1. The second kappa shape index (κ2) is 9.15. The van der Waals surface area contributed by atoms with Crippen molar-refractivity contribution in [1.82, 2.24) is 10.1 Å². The normalized spacial score (nSPS) is 17.6. The van der Waals surface area contributed by atoms with E-state index >= 15 is 0 Å². The molecule has 2 aromatic carbocycles. The van der Waals surface area contributed by atoms with Gasteiger partial charge in [-0.05, 0) is 31.4 Å². The highest BCUT2D eigenvalue weighted by molar-refractivity contribution is 6.28. The number of fused-ring (bicyclic) bond motifs is 2. The Morgan fingerprint density at radius 1 is 1.27 bits per heavy atom. The van der Waals surface area contributed by atoms with Crippen LogP contribution >= 0.6 is 0 Å². The number of likely N-dealkylation sites (N-methyl/N-ethyl adjacent to an activating group) is 1. The number of nitrogens with one attached hydrogen (secondary N) is 1. The second-order valence-electron chi connectivity index (χ2n) is 9.21. The lowest BCUT2D eigenvalue weighted by molar-refractivity contribution is 0.104. The molecule has 1 saturated heterocycles. The fourth-order valence-corrected chi connectivity index (χ4v) is 5.25. The summed E-state index contributed by atoms with van der Waals surface area (Å²) in [4.78, 5) is 18.2. The lowest BCUT2D eigenvalue weighted by atomic mass is 9.86. The Morgan fingerprint density at radius 3 is 2.85 bits per heavy atom. The maximum atomic E-state index is 13.6. The predicted octanol–water partition coefficient (Wildman–Crippen LogP) is 4.00. The monoisotopic (exact) mass is 448 g/mol. The lowest BCUT2D eigenvalue weighted by Gasteiger charge is -2.33. The minimum Gasteiger partial charge on any atom is -0.395 e. The number of anilines is 2. The van der Waals surface area contributed by atoms with Crippen LogP contribution in [-0.2, 0) is 0 Å². The van der Waals surface area contributed by atoms with Gasteiger partial charge in [0.25, 0.3) is 0 Å². The minimum absolute atomic E-state index is 0.00932. The van der Waals surface area contributed by atoms with Crippen molar-refractivity contribution in [2.24, 2.45) is 5.92 Å². The molecule has 1 aromatic heterocycles. The first-order valence-electron chi connectivity index (χ1n) is 12.0. The molecule has 1 aliphatic carbocycles. The van der Waals surface area contributed by atoms with Gasteiger partial charge in [-0.15, -0.1) is 0 Å². The zero-order chi connectivity index (χ0) is 22.9. The number of nitrogens with zero attached hydrogens (tertiary/aromatic N) is 3. The maximum Gasteiger partial charge on any atom is 0.196 e. The molecule has 0 radical (unpaired) electrons. The highest BCUT2D eigenvalue weighted by Gasteiger charge is 2.34. The van der Waals surface area contributed by atoms with Crippen LogP contribution in [0.3, 0.4) is 0 Å². The Hall–Kier alpha value is -2.90. The molecule has 2 N–H and O–H groups in total. The molecule has 2 aliphatic rings. The zero-order valence-corrected chi connectivity index (χ0v) is 19.4. The third kappa shape index (κ3) is 3.89. The van der Waals surface area contributed by atoms with E-state index in [0.717, 1.165) is 60.4 Å². The van der Waals surface area contributed by atoms with Gasteiger partial charge < -0.3 is 19.8 Å². The number of piperidine rings is 1. The molecule has 1 atom stereocenters. The standard InChI is InChI=1S/C26H32N4O3/c1-3-29(13-14-31)12-10-27-20-15-21(30-11-6-7-17(2)16-30)24-23-22(20)25(32)18-8-4-5-9-19(18)26(23)33-28-24/h4-5,8-9,15,17,27,31H,3,6-7,10-14,16H2,1-2H3. The van der Waals surface area contributed by atoms with Crippen LogP contribution in [0.5, 0.6) is 0 Å². The van der Waals surface area contributed by atoms with Crippen LogP contribution in [0.1, 0.15) is 42.6 Å². The topological polar surface area (TPSA) is 81.8 Å². The molecule has 1 aliphatic heterocycles. The van der Waals surface area contributed by atoms with Crippen LogP contribution in [0.4, 0.5) is 11.4 Å². The average molecular weight is 449 g/mol. The van der Waals surface area contributed by atoms with E-state index in [2.05, 4.69) is 40.2 Å². The SMILES string of the molecule is CCN(CCO)CCNc1cc(N2CCCC(C)C2)c2noc3c2c1C(=O)c1ccccc1-3. The predicted molar refractivity (Wildman–Crippen MR) is 131 cm³/mol. The number of carbonyl (C=O) groups is 1. The summed E-state index contributed by atoms with van der Waals surface area (Å²) >= 11 is 0. The summed E-state index contributed by atoms with van der Waals surface area (Å²) in [5.41, 5.74) is 4.76. The van der Waals surface area contributed by atoms with E-state index in [0.29, 0.717) is 35.9 Å². The van der Waals surface area contributed by atoms with Gasteiger partial charge in [0.15, 0.2) is 11.5 Å². The second-order valence-corrected chi connectivity index (χ2v) is 9.21. The van der Waals surface area contributed by atoms with Crippen molar-refractivity contribution in [3.8, 4) is 11.3 Å². The van der Waals surface area contributed by atoms with E-state index in [4.69, 9.17) is 4.52 Å². The molecule has 0 saturated carbocycles. The van der Waals surface area contributed by atoms with E-state index in [1.165, 1.54) is 6.42 Å². The number of hydrogen-bond acceptors (Lipinski definition) is 7. The van der Waals surface area contributed by atoms with E-state index < -0.39 is 0 Å². The van der Waals surface area contributed by atoms with Crippen LogP contribution in [0, 0.1) is 5.92 Å². The van der Waals surface area contributed by atoms with E-state index in [-0.39, 0.29) is 12.4 Å². The minimum atomic E-state index is 0.00932. The molecule has 174 valence electrons. The summed E-state index contributed by atoms with van der Waals surface area (Å²) in [5.74, 6) is 1.30. The smallest absolute Gasteiger partial charge is 0.196 e. The van der Waals surface area contributed by atoms with Crippen LogP contribution in [0.2, 0.25) is 0 Å². The largest absolute Gasteiger partial charge is 0.395 e. The Morgan fingerprint density at radius 2 is 2.09 bits per heavy atom. The summed E-state index contributed by atoms with van der Waals surface area (Å²) in [6.45, 7) is 9.44. The van der Waals surface area contributed by atoms with Crippen LogP contribution in [-0.4, -0.2) is 66.8 Å². The number of rotatable bonds is 8. The molecule has 0 bridgehead atoms. The van der Waals surface area contributed by atoms with Crippen molar-refractivity contribution in [3.05, 3.63) is 41.5 Å². The van der Waals surface area contributed by atoms with Crippen molar-refractivity contribution in [1.29, 1.82) is 0 Å². The van der Waals surface area contributed by atoms with Gasteiger partial charge in [0.1, 0.15) is 5.52 Å². The lowest BCUT2D eigenvalue weighted by Crippen LogP contribution is -2.34.